The lowest BCUT2D eigenvalue weighted by Gasteiger charge is -2.12. The van der Waals surface area contributed by atoms with Gasteiger partial charge >= 0.3 is 0 Å². The molecule has 1 amide bonds. The Morgan fingerprint density at radius 3 is 2.56 bits per heavy atom. The van der Waals surface area contributed by atoms with Gasteiger partial charge in [0.1, 0.15) is 5.82 Å². The van der Waals surface area contributed by atoms with Gasteiger partial charge in [-0.05, 0) is 50.3 Å². The summed E-state index contributed by atoms with van der Waals surface area (Å²) in [6.07, 6.45) is 2.43. The standard InChI is InChI=1S/C20H28N4O3/c1-24(2)12-11-23-20(25)16-8-10-22-19(14-16)21-9-7-15-5-6-17(26-3)18(13-15)27-4/h5-6,8,10,13-14H,7,9,11-12H2,1-4H3,(H,21,22)(H,23,25). The van der Waals surface area contributed by atoms with Gasteiger partial charge in [-0.1, -0.05) is 6.07 Å². The Morgan fingerprint density at radius 1 is 1.07 bits per heavy atom. The lowest BCUT2D eigenvalue weighted by molar-refractivity contribution is 0.0951. The number of nitrogens with zero attached hydrogens (tertiary/aromatic N) is 2. The number of benzene rings is 1. The minimum Gasteiger partial charge on any atom is -0.493 e. The van der Waals surface area contributed by atoms with E-state index in [1.807, 2.05) is 37.2 Å². The van der Waals surface area contributed by atoms with E-state index >= 15 is 0 Å². The van der Waals surface area contributed by atoms with Crippen LogP contribution in [0.1, 0.15) is 15.9 Å². The summed E-state index contributed by atoms with van der Waals surface area (Å²) < 4.78 is 10.6. The summed E-state index contributed by atoms with van der Waals surface area (Å²) in [4.78, 5) is 18.5. The minimum atomic E-state index is -0.0952. The monoisotopic (exact) mass is 372 g/mol. The first-order valence-electron chi connectivity index (χ1n) is 8.87. The van der Waals surface area contributed by atoms with Crippen molar-refractivity contribution in [3.05, 3.63) is 47.7 Å². The molecular weight excluding hydrogens is 344 g/mol. The Bertz CT molecular complexity index is 750. The zero-order valence-electron chi connectivity index (χ0n) is 16.4. The van der Waals surface area contributed by atoms with Crippen LogP contribution in [0.5, 0.6) is 11.5 Å². The summed E-state index contributed by atoms with van der Waals surface area (Å²) in [6.45, 7) is 2.09. The summed E-state index contributed by atoms with van der Waals surface area (Å²) in [6, 6.07) is 9.34. The average Bonchev–Trinajstić information content (AvgIpc) is 2.67. The molecule has 0 saturated carbocycles. The van der Waals surface area contributed by atoms with Crippen molar-refractivity contribution in [3.8, 4) is 11.5 Å². The van der Waals surface area contributed by atoms with Crippen molar-refractivity contribution in [2.24, 2.45) is 0 Å². The molecule has 0 aliphatic carbocycles. The van der Waals surface area contributed by atoms with Crippen molar-refractivity contribution in [2.45, 2.75) is 6.42 Å². The van der Waals surface area contributed by atoms with Crippen LogP contribution in [0.4, 0.5) is 5.82 Å². The van der Waals surface area contributed by atoms with Crippen LogP contribution in [0.15, 0.2) is 36.5 Å². The van der Waals surface area contributed by atoms with E-state index in [1.165, 1.54) is 0 Å². The van der Waals surface area contributed by atoms with Crippen LogP contribution in [-0.4, -0.2) is 63.7 Å². The van der Waals surface area contributed by atoms with Crippen LogP contribution in [0.3, 0.4) is 0 Å². The normalized spacial score (nSPS) is 10.6. The smallest absolute Gasteiger partial charge is 0.251 e. The maximum atomic E-state index is 12.2. The second-order valence-corrected chi connectivity index (χ2v) is 6.36. The van der Waals surface area contributed by atoms with Crippen molar-refractivity contribution >= 4 is 11.7 Å². The fraction of sp³-hybridized carbons (Fsp3) is 0.400. The number of likely N-dealkylation sites (N-methyl/N-ethyl adjacent to an activating group) is 1. The molecule has 0 spiro atoms. The largest absolute Gasteiger partial charge is 0.493 e. The number of carbonyl (C=O) groups excluding carboxylic acids is 1. The molecule has 7 heteroatoms. The number of carbonyl (C=O) groups is 1. The molecule has 1 heterocycles. The number of hydrogen-bond acceptors (Lipinski definition) is 6. The number of methoxy groups -OCH3 is 2. The topological polar surface area (TPSA) is 75.7 Å². The predicted molar refractivity (Wildman–Crippen MR) is 107 cm³/mol. The van der Waals surface area contributed by atoms with E-state index in [-0.39, 0.29) is 5.91 Å². The maximum absolute atomic E-state index is 12.2. The van der Waals surface area contributed by atoms with Gasteiger partial charge in [-0.15, -0.1) is 0 Å². The summed E-state index contributed by atoms with van der Waals surface area (Å²) >= 11 is 0. The Balaban J connectivity index is 1.88. The van der Waals surface area contributed by atoms with Crippen molar-refractivity contribution in [1.82, 2.24) is 15.2 Å². The van der Waals surface area contributed by atoms with Crippen LogP contribution in [0, 0.1) is 0 Å². The highest BCUT2D eigenvalue weighted by atomic mass is 16.5. The average molecular weight is 372 g/mol. The van der Waals surface area contributed by atoms with Gasteiger partial charge in [-0.3, -0.25) is 4.79 Å². The van der Waals surface area contributed by atoms with Crippen LogP contribution in [0.25, 0.3) is 0 Å². The number of amides is 1. The van der Waals surface area contributed by atoms with Gasteiger partial charge in [0, 0.05) is 31.4 Å². The molecular formula is C20H28N4O3. The second kappa shape index (κ2) is 10.4. The van der Waals surface area contributed by atoms with Gasteiger partial charge in [0.05, 0.1) is 14.2 Å². The Kier molecular flexibility index (Phi) is 7.88. The third-order valence-corrected chi connectivity index (χ3v) is 4.03. The molecule has 7 nitrogen and oxygen atoms in total. The third kappa shape index (κ3) is 6.45. The molecule has 1 aromatic carbocycles. The minimum absolute atomic E-state index is 0.0952. The molecule has 0 aliphatic heterocycles. The van der Waals surface area contributed by atoms with Crippen LogP contribution < -0.4 is 20.1 Å². The maximum Gasteiger partial charge on any atom is 0.251 e. The van der Waals surface area contributed by atoms with E-state index in [9.17, 15) is 4.79 Å². The number of ether oxygens (including phenoxy) is 2. The van der Waals surface area contributed by atoms with Crippen molar-refractivity contribution in [2.75, 3.05) is 53.3 Å². The Labute approximate surface area is 160 Å². The van der Waals surface area contributed by atoms with Gasteiger partial charge in [-0.25, -0.2) is 4.98 Å². The molecule has 0 atom stereocenters. The SMILES string of the molecule is COc1ccc(CCNc2cc(C(=O)NCCN(C)C)ccn2)cc1OC. The molecule has 2 rings (SSSR count). The Morgan fingerprint density at radius 2 is 1.85 bits per heavy atom. The zero-order chi connectivity index (χ0) is 19.6. The van der Waals surface area contributed by atoms with E-state index in [4.69, 9.17) is 9.47 Å². The van der Waals surface area contributed by atoms with E-state index in [0.29, 0.717) is 36.0 Å². The fourth-order valence-corrected chi connectivity index (χ4v) is 2.53. The number of nitrogens with one attached hydrogen (secondary N) is 2. The molecule has 0 saturated heterocycles. The summed E-state index contributed by atoms with van der Waals surface area (Å²) in [5, 5.41) is 6.16. The van der Waals surface area contributed by atoms with Gasteiger partial charge < -0.3 is 25.0 Å². The quantitative estimate of drug-likeness (QED) is 0.665. The summed E-state index contributed by atoms with van der Waals surface area (Å²) in [5.41, 5.74) is 1.72. The molecule has 0 bridgehead atoms. The number of hydrogen-bond donors (Lipinski definition) is 2. The molecule has 0 aliphatic rings. The highest BCUT2D eigenvalue weighted by Gasteiger charge is 2.07. The Hall–Kier alpha value is -2.80. The number of pyridine rings is 1. The van der Waals surface area contributed by atoms with E-state index in [0.717, 1.165) is 18.5 Å². The van der Waals surface area contributed by atoms with Crippen LogP contribution in [-0.2, 0) is 6.42 Å². The number of anilines is 1. The molecule has 27 heavy (non-hydrogen) atoms. The van der Waals surface area contributed by atoms with E-state index < -0.39 is 0 Å². The lowest BCUT2D eigenvalue weighted by Crippen LogP contribution is -2.31. The molecule has 2 N–H and O–H groups in total. The number of rotatable bonds is 10. The van der Waals surface area contributed by atoms with Gasteiger partial charge in [0.2, 0.25) is 0 Å². The third-order valence-electron chi connectivity index (χ3n) is 4.03. The first kappa shape index (κ1) is 20.5. The molecule has 146 valence electrons. The first-order valence-corrected chi connectivity index (χ1v) is 8.87. The summed E-state index contributed by atoms with van der Waals surface area (Å²) in [7, 11) is 7.19. The highest BCUT2D eigenvalue weighted by Crippen LogP contribution is 2.27. The first-order chi connectivity index (χ1) is 13.0. The van der Waals surface area contributed by atoms with Crippen molar-refractivity contribution < 1.29 is 14.3 Å². The van der Waals surface area contributed by atoms with Crippen molar-refractivity contribution in [1.29, 1.82) is 0 Å². The molecule has 0 unspecified atom stereocenters. The second-order valence-electron chi connectivity index (χ2n) is 6.36. The predicted octanol–water partition coefficient (Wildman–Crippen LogP) is 2.04. The fourth-order valence-electron chi connectivity index (χ4n) is 2.53. The zero-order valence-corrected chi connectivity index (χ0v) is 16.4. The van der Waals surface area contributed by atoms with Crippen molar-refractivity contribution in [3.63, 3.8) is 0 Å². The molecule has 1 aromatic heterocycles. The van der Waals surface area contributed by atoms with Crippen LogP contribution in [0.2, 0.25) is 0 Å². The number of aromatic nitrogens is 1. The molecule has 0 fully saturated rings. The van der Waals surface area contributed by atoms with Gasteiger partial charge in [0.15, 0.2) is 11.5 Å². The van der Waals surface area contributed by atoms with Gasteiger partial charge in [-0.2, -0.15) is 0 Å². The van der Waals surface area contributed by atoms with E-state index in [2.05, 4.69) is 15.6 Å². The van der Waals surface area contributed by atoms with Crippen LogP contribution >= 0.6 is 0 Å². The lowest BCUT2D eigenvalue weighted by atomic mass is 10.1. The molecule has 0 radical (unpaired) electrons. The molecule has 2 aromatic rings. The summed E-state index contributed by atoms with van der Waals surface area (Å²) in [5.74, 6) is 2.01. The van der Waals surface area contributed by atoms with Gasteiger partial charge in [0.25, 0.3) is 5.91 Å². The van der Waals surface area contributed by atoms with E-state index in [1.54, 1.807) is 32.5 Å². The highest BCUT2D eigenvalue weighted by molar-refractivity contribution is 5.94.